The Bertz CT molecular complexity index is 484. The third kappa shape index (κ3) is 4.63. The molecule has 1 atom stereocenters. The van der Waals surface area contributed by atoms with E-state index in [0.717, 1.165) is 0 Å². The number of aromatic nitrogens is 4. The van der Waals surface area contributed by atoms with Crippen LogP contribution in [0.1, 0.15) is 32.6 Å². The maximum atomic E-state index is 11.5. The summed E-state index contributed by atoms with van der Waals surface area (Å²) in [5.41, 5.74) is 0. The van der Waals surface area contributed by atoms with Gasteiger partial charge in [0.05, 0.1) is 12.1 Å². The lowest BCUT2D eigenvalue weighted by Crippen LogP contribution is -2.42. The number of hydrogen-bond acceptors (Lipinski definition) is 7. The molecule has 1 rings (SSSR count). The van der Waals surface area contributed by atoms with Gasteiger partial charge in [-0.05, 0) is 20.8 Å². The van der Waals surface area contributed by atoms with E-state index in [2.05, 4.69) is 30.1 Å². The zero-order valence-corrected chi connectivity index (χ0v) is 10.9. The number of ether oxygens (including phenoxy) is 1. The summed E-state index contributed by atoms with van der Waals surface area (Å²) in [5.74, 6) is 0.151. The molecule has 0 aromatic carbocycles. The predicted octanol–water partition coefficient (Wildman–Crippen LogP) is -0.770. The van der Waals surface area contributed by atoms with Crippen LogP contribution in [0.3, 0.4) is 0 Å². The van der Waals surface area contributed by atoms with Gasteiger partial charge in [-0.25, -0.2) is 9.52 Å². The molecule has 0 radical (unpaired) electrons. The van der Waals surface area contributed by atoms with E-state index in [1.165, 1.54) is 6.92 Å². The van der Waals surface area contributed by atoms with Crippen molar-refractivity contribution in [3.05, 3.63) is 5.82 Å². The first-order chi connectivity index (χ1) is 8.30. The smallest absolute Gasteiger partial charge is 0.422 e. The van der Waals surface area contributed by atoms with Crippen molar-refractivity contribution in [1.29, 1.82) is 0 Å². The maximum Gasteiger partial charge on any atom is 0.422 e. The summed E-state index contributed by atoms with van der Waals surface area (Å²) >= 11 is 0. The van der Waals surface area contributed by atoms with Crippen molar-refractivity contribution in [2.75, 3.05) is 0 Å². The van der Waals surface area contributed by atoms with E-state index in [9.17, 15) is 13.2 Å². The largest absolute Gasteiger partial charge is 0.446 e. The molecule has 0 saturated carbocycles. The number of H-pyrrole nitrogens is 1. The summed E-state index contributed by atoms with van der Waals surface area (Å²) in [6.07, 6.45) is -1.48. The molecule has 0 spiro atoms. The van der Waals surface area contributed by atoms with E-state index in [1.54, 1.807) is 18.6 Å². The minimum absolute atomic E-state index is 0.151. The lowest BCUT2D eigenvalue weighted by Gasteiger charge is -2.13. The third-order valence-corrected chi connectivity index (χ3v) is 2.74. The highest BCUT2D eigenvalue weighted by Crippen LogP contribution is 2.04. The molecule has 18 heavy (non-hydrogen) atoms. The number of amides is 1. The van der Waals surface area contributed by atoms with Crippen molar-refractivity contribution in [2.45, 2.75) is 32.9 Å². The fourth-order valence-corrected chi connectivity index (χ4v) is 1.91. The van der Waals surface area contributed by atoms with Gasteiger partial charge in [0.2, 0.25) is 0 Å². The number of hydrogen-bond donors (Lipinski definition) is 3. The van der Waals surface area contributed by atoms with E-state index in [4.69, 9.17) is 0 Å². The topological polar surface area (TPSA) is 139 Å². The average molecular weight is 278 g/mol. The number of nitrogens with zero attached hydrogens (tertiary/aromatic N) is 3. The van der Waals surface area contributed by atoms with E-state index in [1.807, 2.05) is 0 Å². The van der Waals surface area contributed by atoms with Crippen LogP contribution in [0, 0.1) is 0 Å². The highest BCUT2D eigenvalue weighted by Gasteiger charge is 2.21. The molecule has 0 bridgehead atoms. The van der Waals surface area contributed by atoms with Crippen LogP contribution < -0.4 is 9.44 Å². The van der Waals surface area contributed by atoms with Crippen LogP contribution in [-0.4, -0.2) is 41.2 Å². The van der Waals surface area contributed by atoms with Gasteiger partial charge < -0.3 is 4.74 Å². The summed E-state index contributed by atoms with van der Waals surface area (Å²) < 4.78 is 31.5. The van der Waals surface area contributed by atoms with E-state index in [0.29, 0.717) is 0 Å². The van der Waals surface area contributed by atoms with Gasteiger partial charge >= 0.3 is 16.3 Å². The highest BCUT2D eigenvalue weighted by molar-refractivity contribution is 7.88. The molecule has 1 aromatic heterocycles. The molecular formula is C7H14N6O4S. The van der Waals surface area contributed by atoms with E-state index in [-0.39, 0.29) is 5.82 Å². The lowest BCUT2D eigenvalue weighted by molar-refractivity contribution is 0.121. The second kappa shape index (κ2) is 5.73. The number of aromatic amines is 1. The summed E-state index contributed by atoms with van der Waals surface area (Å²) in [5, 5.41) is 12.7. The third-order valence-electron chi connectivity index (χ3n) is 1.64. The number of tetrazole rings is 1. The minimum atomic E-state index is -4.05. The molecule has 0 aliphatic rings. The number of carbonyl (C=O) groups is 1. The number of nitrogens with one attached hydrogen (secondary N) is 3. The van der Waals surface area contributed by atoms with Crippen molar-refractivity contribution >= 4 is 16.3 Å². The lowest BCUT2D eigenvalue weighted by atomic mass is 10.4. The molecule has 3 N–H and O–H groups in total. The van der Waals surface area contributed by atoms with Crippen molar-refractivity contribution in [1.82, 2.24) is 30.1 Å². The van der Waals surface area contributed by atoms with Crippen molar-refractivity contribution in [3.63, 3.8) is 0 Å². The van der Waals surface area contributed by atoms with Crippen LogP contribution in [0.25, 0.3) is 0 Å². The Kier molecular flexibility index (Phi) is 4.55. The first kappa shape index (κ1) is 14.3. The fourth-order valence-electron chi connectivity index (χ4n) is 1.02. The molecule has 102 valence electrons. The van der Waals surface area contributed by atoms with Crippen LogP contribution in [0.4, 0.5) is 4.79 Å². The van der Waals surface area contributed by atoms with Crippen molar-refractivity contribution in [3.8, 4) is 0 Å². The Morgan fingerprint density at radius 2 is 2.06 bits per heavy atom. The molecule has 11 heteroatoms. The highest BCUT2D eigenvalue weighted by atomic mass is 32.2. The van der Waals surface area contributed by atoms with Crippen molar-refractivity contribution < 1.29 is 17.9 Å². The molecule has 0 fully saturated rings. The molecule has 1 aromatic rings. The standard InChI is InChI=1S/C7H14N6O4S/c1-4(2)17-7(14)11-18(15,16)10-5(3)6-8-12-13-9-6/h4-5,10H,1-3H3,(H,11,14)(H,8,9,12,13). The molecule has 0 aliphatic heterocycles. The average Bonchev–Trinajstić information content (AvgIpc) is 2.65. The monoisotopic (exact) mass is 278 g/mol. The van der Waals surface area contributed by atoms with Gasteiger partial charge in [-0.2, -0.15) is 18.4 Å². The molecule has 1 amide bonds. The maximum absolute atomic E-state index is 11.5. The number of rotatable bonds is 5. The van der Waals surface area contributed by atoms with Crippen LogP contribution in [0.2, 0.25) is 0 Å². The Hall–Kier alpha value is -1.75. The Labute approximate surface area is 104 Å². The second-order valence-corrected chi connectivity index (χ2v) is 5.12. The minimum Gasteiger partial charge on any atom is -0.446 e. The van der Waals surface area contributed by atoms with E-state index >= 15 is 0 Å². The quantitative estimate of drug-likeness (QED) is 0.642. The zero-order valence-electron chi connectivity index (χ0n) is 10.0. The molecule has 1 unspecified atom stereocenters. The second-order valence-electron chi connectivity index (χ2n) is 3.67. The predicted molar refractivity (Wildman–Crippen MR) is 59.4 cm³/mol. The van der Waals surface area contributed by atoms with E-state index < -0.39 is 28.4 Å². The first-order valence-corrected chi connectivity index (χ1v) is 6.52. The van der Waals surface area contributed by atoms with Gasteiger partial charge in [0.15, 0.2) is 5.82 Å². The summed E-state index contributed by atoms with van der Waals surface area (Å²) in [7, 11) is -4.05. The zero-order chi connectivity index (χ0) is 13.8. The van der Waals surface area contributed by atoms with Crippen LogP contribution in [0.15, 0.2) is 0 Å². The molecular weight excluding hydrogens is 264 g/mol. The normalized spacial score (nSPS) is 13.3. The first-order valence-electron chi connectivity index (χ1n) is 5.04. The summed E-state index contributed by atoms with van der Waals surface area (Å²) in [6, 6.07) is -0.743. The van der Waals surface area contributed by atoms with Gasteiger partial charge in [-0.1, -0.05) is 5.21 Å². The molecule has 0 saturated heterocycles. The molecule has 1 heterocycles. The van der Waals surface area contributed by atoms with Gasteiger partial charge in [0, 0.05) is 0 Å². The fraction of sp³-hybridized carbons (Fsp3) is 0.714. The Balaban J connectivity index is 2.57. The Morgan fingerprint density at radius 3 is 2.56 bits per heavy atom. The molecule has 0 aliphatic carbocycles. The van der Waals surface area contributed by atoms with Gasteiger partial charge in [0.25, 0.3) is 0 Å². The summed E-state index contributed by atoms with van der Waals surface area (Å²) in [4.78, 5) is 11.1. The molecule has 10 nitrogen and oxygen atoms in total. The number of carbonyl (C=O) groups excluding carboxylic acids is 1. The van der Waals surface area contributed by atoms with Crippen LogP contribution >= 0.6 is 0 Å². The van der Waals surface area contributed by atoms with Gasteiger partial charge in [-0.15, -0.1) is 10.2 Å². The van der Waals surface area contributed by atoms with Crippen LogP contribution in [-0.2, 0) is 14.9 Å². The summed E-state index contributed by atoms with van der Waals surface area (Å²) in [6.45, 7) is 4.70. The van der Waals surface area contributed by atoms with Gasteiger partial charge in [0.1, 0.15) is 0 Å². The van der Waals surface area contributed by atoms with Gasteiger partial charge in [-0.3, -0.25) is 0 Å². The van der Waals surface area contributed by atoms with Crippen LogP contribution in [0.5, 0.6) is 0 Å². The Morgan fingerprint density at radius 1 is 1.39 bits per heavy atom. The van der Waals surface area contributed by atoms with Crippen molar-refractivity contribution in [2.24, 2.45) is 0 Å². The SMILES string of the molecule is CC(C)OC(=O)NS(=O)(=O)NC(C)c1nn[nH]n1.